The maximum atomic E-state index is 12.8. The molecular weight excluding hydrogens is 369 g/mol. The van der Waals surface area contributed by atoms with E-state index in [-0.39, 0.29) is 6.54 Å². The van der Waals surface area contributed by atoms with Gasteiger partial charge >= 0.3 is 6.18 Å². The average molecular weight is 394 g/mol. The fraction of sp³-hybridized carbons (Fsp3) is 0.526. The molecule has 152 valence electrons. The van der Waals surface area contributed by atoms with Crippen LogP contribution in [0.3, 0.4) is 0 Å². The molecule has 28 heavy (non-hydrogen) atoms. The summed E-state index contributed by atoms with van der Waals surface area (Å²) in [5.41, 5.74) is -0.109. The minimum atomic E-state index is -4.34. The van der Waals surface area contributed by atoms with Crippen LogP contribution >= 0.6 is 0 Å². The Morgan fingerprint density at radius 1 is 1.18 bits per heavy atom. The first kappa shape index (κ1) is 20.2. The molecule has 0 aliphatic carbocycles. The highest BCUT2D eigenvalue weighted by Gasteiger charge is 2.30. The third kappa shape index (κ3) is 5.24. The van der Waals surface area contributed by atoms with Gasteiger partial charge in [-0.15, -0.1) is 10.2 Å². The Morgan fingerprint density at radius 3 is 2.82 bits per heavy atom. The summed E-state index contributed by atoms with van der Waals surface area (Å²) >= 11 is 0. The number of aliphatic imine (C=N–C) groups is 1. The molecule has 9 heteroatoms. The lowest BCUT2D eigenvalue weighted by Gasteiger charge is -2.13. The number of halogens is 3. The number of guanidine groups is 1. The molecule has 0 saturated heterocycles. The van der Waals surface area contributed by atoms with Gasteiger partial charge < -0.3 is 15.2 Å². The number of aromatic nitrogens is 3. The van der Waals surface area contributed by atoms with Gasteiger partial charge in [-0.05, 0) is 30.5 Å². The van der Waals surface area contributed by atoms with Crippen LogP contribution in [0.1, 0.15) is 42.0 Å². The Hall–Kier alpha value is -2.58. The lowest BCUT2D eigenvalue weighted by atomic mass is 10.1. The first-order valence-corrected chi connectivity index (χ1v) is 9.49. The van der Waals surface area contributed by atoms with Crippen LogP contribution < -0.4 is 10.6 Å². The van der Waals surface area contributed by atoms with Crippen molar-refractivity contribution in [3.63, 3.8) is 0 Å². The molecule has 0 fully saturated rings. The highest BCUT2D eigenvalue weighted by molar-refractivity contribution is 5.79. The largest absolute Gasteiger partial charge is 0.416 e. The van der Waals surface area contributed by atoms with Crippen molar-refractivity contribution in [1.82, 2.24) is 25.4 Å². The number of fused-ring (bicyclic) bond motifs is 1. The number of aryl methyl sites for hydroxylation is 1. The van der Waals surface area contributed by atoms with Crippen LogP contribution in [0.2, 0.25) is 0 Å². The molecule has 0 saturated carbocycles. The second kappa shape index (κ2) is 9.07. The Kier molecular flexibility index (Phi) is 6.53. The van der Waals surface area contributed by atoms with Crippen molar-refractivity contribution in [1.29, 1.82) is 0 Å². The Labute approximate surface area is 162 Å². The second-order valence-electron chi connectivity index (χ2n) is 6.80. The standard InChI is InChI=1S/C19H25F3N6/c1-23-18(25-13-14-6-5-7-15(12-14)19(20,21)22)24-10-9-17-27-26-16-8-3-2-4-11-28(16)17/h5-7,12H,2-4,8-11,13H2,1H3,(H2,23,24,25). The van der Waals surface area contributed by atoms with Gasteiger partial charge in [0.2, 0.25) is 0 Å². The van der Waals surface area contributed by atoms with Crippen LogP contribution in [0.25, 0.3) is 0 Å². The highest BCUT2D eigenvalue weighted by Crippen LogP contribution is 2.29. The van der Waals surface area contributed by atoms with Crippen molar-refractivity contribution in [2.45, 2.75) is 51.4 Å². The third-order valence-electron chi connectivity index (χ3n) is 4.77. The lowest BCUT2D eigenvalue weighted by molar-refractivity contribution is -0.137. The molecule has 1 aliphatic rings. The van der Waals surface area contributed by atoms with Crippen molar-refractivity contribution in [2.24, 2.45) is 4.99 Å². The topological polar surface area (TPSA) is 67.1 Å². The van der Waals surface area contributed by atoms with Crippen molar-refractivity contribution in [3.05, 3.63) is 47.0 Å². The Morgan fingerprint density at radius 2 is 2.04 bits per heavy atom. The molecule has 1 aromatic carbocycles. The van der Waals surface area contributed by atoms with Gasteiger partial charge in [0.25, 0.3) is 0 Å². The van der Waals surface area contributed by atoms with Gasteiger partial charge in [0, 0.05) is 39.5 Å². The first-order valence-electron chi connectivity index (χ1n) is 9.49. The summed E-state index contributed by atoms with van der Waals surface area (Å²) in [5.74, 6) is 2.55. The van der Waals surface area contributed by atoms with Crippen LogP contribution in [-0.2, 0) is 32.1 Å². The number of hydrogen-bond acceptors (Lipinski definition) is 3. The number of alkyl halides is 3. The molecule has 0 radical (unpaired) electrons. The summed E-state index contributed by atoms with van der Waals surface area (Å²) in [6.45, 7) is 1.82. The molecule has 2 heterocycles. The Balaban J connectivity index is 1.50. The zero-order valence-electron chi connectivity index (χ0n) is 15.9. The van der Waals surface area contributed by atoms with Gasteiger partial charge in [0.1, 0.15) is 11.6 Å². The van der Waals surface area contributed by atoms with Gasteiger partial charge in [-0.1, -0.05) is 18.6 Å². The van der Waals surface area contributed by atoms with Crippen LogP contribution in [0.4, 0.5) is 13.2 Å². The maximum Gasteiger partial charge on any atom is 0.416 e. The number of hydrogen-bond donors (Lipinski definition) is 2. The third-order valence-corrected chi connectivity index (χ3v) is 4.77. The van der Waals surface area contributed by atoms with Crippen molar-refractivity contribution in [2.75, 3.05) is 13.6 Å². The molecule has 0 amide bonds. The van der Waals surface area contributed by atoms with E-state index in [1.807, 2.05) is 0 Å². The van der Waals surface area contributed by atoms with E-state index < -0.39 is 11.7 Å². The molecule has 2 aromatic rings. The predicted octanol–water partition coefficient (Wildman–Crippen LogP) is 2.93. The molecule has 1 aromatic heterocycles. The fourth-order valence-electron chi connectivity index (χ4n) is 3.29. The van der Waals surface area contributed by atoms with E-state index in [9.17, 15) is 13.2 Å². The van der Waals surface area contributed by atoms with E-state index in [0.29, 0.717) is 24.5 Å². The average Bonchev–Trinajstić information content (AvgIpc) is 2.90. The summed E-state index contributed by atoms with van der Waals surface area (Å²) in [4.78, 5) is 4.12. The number of benzene rings is 1. The van der Waals surface area contributed by atoms with Gasteiger partial charge in [0.15, 0.2) is 5.96 Å². The van der Waals surface area contributed by atoms with E-state index >= 15 is 0 Å². The maximum absolute atomic E-state index is 12.8. The summed E-state index contributed by atoms with van der Waals surface area (Å²) < 4.78 is 40.6. The predicted molar refractivity (Wildman–Crippen MR) is 101 cm³/mol. The highest BCUT2D eigenvalue weighted by atomic mass is 19.4. The summed E-state index contributed by atoms with van der Waals surface area (Å²) in [5, 5.41) is 14.8. The normalized spacial score (nSPS) is 15.1. The minimum Gasteiger partial charge on any atom is -0.356 e. The monoisotopic (exact) mass is 394 g/mol. The number of rotatable bonds is 5. The van der Waals surface area contributed by atoms with Crippen LogP contribution in [0, 0.1) is 0 Å². The summed E-state index contributed by atoms with van der Waals surface area (Å²) in [6.07, 6.45) is 0.853. The zero-order chi connectivity index (χ0) is 20.0. The van der Waals surface area contributed by atoms with Gasteiger partial charge in [0.05, 0.1) is 5.56 Å². The molecule has 0 atom stereocenters. The minimum absolute atomic E-state index is 0.254. The quantitative estimate of drug-likeness (QED) is 0.605. The van der Waals surface area contributed by atoms with E-state index in [1.54, 1.807) is 13.1 Å². The lowest BCUT2D eigenvalue weighted by Crippen LogP contribution is -2.38. The Bertz CT molecular complexity index is 812. The molecule has 0 bridgehead atoms. The first-order chi connectivity index (χ1) is 13.5. The molecule has 0 unspecified atom stereocenters. The SMILES string of the molecule is CN=C(NCCc1nnc2n1CCCCC2)NCc1cccc(C(F)(F)F)c1. The molecular formula is C19H25F3N6. The van der Waals surface area contributed by atoms with E-state index in [0.717, 1.165) is 49.6 Å². The summed E-state index contributed by atoms with van der Waals surface area (Å²) in [6, 6.07) is 5.28. The molecule has 0 spiro atoms. The summed E-state index contributed by atoms with van der Waals surface area (Å²) in [7, 11) is 1.63. The molecule has 6 nitrogen and oxygen atoms in total. The molecule has 1 aliphatic heterocycles. The van der Waals surface area contributed by atoms with Crippen LogP contribution in [0.5, 0.6) is 0 Å². The van der Waals surface area contributed by atoms with Gasteiger partial charge in [-0.3, -0.25) is 4.99 Å². The van der Waals surface area contributed by atoms with Crippen LogP contribution in [-0.4, -0.2) is 34.3 Å². The zero-order valence-corrected chi connectivity index (χ0v) is 15.9. The second-order valence-corrected chi connectivity index (χ2v) is 6.80. The van der Waals surface area contributed by atoms with E-state index in [2.05, 4.69) is 30.4 Å². The van der Waals surface area contributed by atoms with Gasteiger partial charge in [-0.25, -0.2) is 0 Å². The smallest absolute Gasteiger partial charge is 0.356 e. The number of nitrogens with one attached hydrogen (secondary N) is 2. The van der Waals surface area contributed by atoms with Crippen molar-refractivity contribution >= 4 is 5.96 Å². The van der Waals surface area contributed by atoms with Crippen molar-refractivity contribution < 1.29 is 13.2 Å². The van der Waals surface area contributed by atoms with E-state index in [1.165, 1.54) is 12.5 Å². The fourth-order valence-corrected chi connectivity index (χ4v) is 3.29. The van der Waals surface area contributed by atoms with Crippen molar-refractivity contribution in [3.8, 4) is 0 Å². The number of nitrogens with zero attached hydrogens (tertiary/aromatic N) is 4. The molecule has 3 rings (SSSR count). The van der Waals surface area contributed by atoms with Gasteiger partial charge in [-0.2, -0.15) is 13.2 Å². The van der Waals surface area contributed by atoms with Crippen LogP contribution in [0.15, 0.2) is 29.3 Å². The van der Waals surface area contributed by atoms with E-state index in [4.69, 9.17) is 0 Å². The molecule has 2 N–H and O–H groups in total.